The minimum atomic E-state index is -0.615. The van der Waals surface area contributed by atoms with E-state index in [1.807, 2.05) is 13.8 Å². The van der Waals surface area contributed by atoms with Crippen molar-refractivity contribution in [3.63, 3.8) is 0 Å². The van der Waals surface area contributed by atoms with Crippen LogP contribution in [0.3, 0.4) is 0 Å². The van der Waals surface area contributed by atoms with Crippen LogP contribution in [0.4, 0.5) is 10.5 Å². The summed E-state index contributed by atoms with van der Waals surface area (Å²) in [5.41, 5.74) is 1.02. The molecule has 0 aromatic heterocycles. The molecule has 1 saturated heterocycles. The number of hydrogen-bond donors (Lipinski definition) is 1. The van der Waals surface area contributed by atoms with Gasteiger partial charge in [0.15, 0.2) is 11.5 Å². The maximum atomic E-state index is 12.9. The van der Waals surface area contributed by atoms with Gasteiger partial charge in [0.2, 0.25) is 5.91 Å². The summed E-state index contributed by atoms with van der Waals surface area (Å²) in [5, 5.41) is 2.19. The normalized spacial score (nSPS) is 14.2. The lowest BCUT2D eigenvalue weighted by molar-refractivity contribution is -0.127. The van der Waals surface area contributed by atoms with Crippen molar-refractivity contribution in [3.05, 3.63) is 55.0 Å². The van der Waals surface area contributed by atoms with Crippen LogP contribution >= 0.6 is 46.0 Å². The van der Waals surface area contributed by atoms with Crippen LogP contribution in [0, 0.1) is 3.57 Å². The smallest absolute Gasteiger partial charge is 0.339 e. The quantitative estimate of drug-likeness (QED) is 0.200. The van der Waals surface area contributed by atoms with Crippen molar-refractivity contribution < 1.29 is 33.4 Å². The predicted molar refractivity (Wildman–Crippen MR) is 150 cm³/mol. The van der Waals surface area contributed by atoms with Gasteiger partial charge in [-0.3, -0.25) is 19.3 Å². The molecule has 1 heterocycles. The number of benzene rings is 2. The fraction of sp³-hybridized carbons (Fsp3) is 0.280. The zero-order valence-corrected chi connectivity index (χ0v) is 24.0. The molecular weight excluding hydrogens is 635 g/mol. The van der Waals surface area contributed by atoms with Crippen LogP contribution in [0.25, 0.3) is 6.08 Å². The number of ether oxygens (including phenoxy) is 3. The largest absolute Gasteiger partial charge is 0.493 e. The van der Waals surface area contributed by atoms with E-state index in [2.05, 4.69) is 27.9 Å². The molecule has 37 heavy (non-hydrogen) atoms. The summed E-state index contributed by atoms with van der Waals surface area (Å²) in [6, 6.07) is 7.85. The topological polar surface area (TPSA) is 111 Å². The van der Waals surface area contributed by atoms with Crippen molar-refractivity contribution in [2.45, 2.75) is 20.3 Å². The fourth-order valence-electron chi connectivity index (χ4n) is 3.27. The van der Waals surface area contributed by atoms with Gasteiger partial charge in [-0.25, -0.2) is 4.79 Å². The second-order valence-electron chi connectivity index (χ2n) is 7.61. The third kappa shape index (κ3) is 7.17. The first-order chi connectivity index (χ1) is 17.7. The van der Waals surface area contributed by atoms with E-state index in [0.717, 1.165) is 20.2 Å². The van der Waals surface area contributed by atoms with Crippen LogP contribution in [0.15, 0.2) is 35.2 Å². The minimum absolute atomic E-state index is 0.0995. The van der Waals surface area contributed by atoms with E-state index in [9.17, 15) is 19.2 Å². The molecule has 0 atom stereocenters. The molecule has 9 nitrogen and oxygen atoms in total. The zero-order chi connectivity index (χ0) is 27.1. The number of halogens is 2. The van der Waals surface area contributed by atoms with Gasteiger partial charge < -0.3 is 19.5 Å². The molecule has 2 aromatic rings. The molecule has 1 aliphatic rings. The Morgan fingerprint density at radius 3 is 2.62 bits per heavy atom. The molecule has 0 saturated carbocycles. The van der Waals surface area contributed by atoms with Crippen LogP contribution in [-0.2, 0) is 14.3 Å². The van der Waals surface area contributed by atoms with E-state index in [4.69, 9.17) is 25.8 Å². The highest BCUT2D eigenvalue weighted by molar-refractivity contribution is 14.1. The highest BCUT2D eigenvalue weighted by atomic mass is 127. The first kappa shape index (κ1) is 28.8. The van der Waals surface area contributed by atoms with Gasteiger partial charge in [-0.05, 0) is 89.7 Å². The maximum Gasteiger partial charge on any atom is 0.339 e. The van der Waals surface area contributed by atoms with Gasteiger partial charge in [0.05, 0.1) is 39.4 Å². The molecule has 1 fully saturated rings. The third-order valence-corrected chi connectivity index (χ3v) is 6.96. The summed E-state index contributed by atoms with van der Waals surface area (Å²) in [6.07, 6.45) is 2.22. The Labute approximate surface area is 237 Å². The predicted octanol–water partition coefficient (Wildman–Crippen LogP) is 5.59. The van der Waals surface area contributed by atoms with Crippen LogP contribution < -0.4 is 14.8 Å². The third-order valence-electron chi connectivity index (χ3n) is 4.92. The van der Waals surface area contributed by atoms with Crippen molar-refractivity contribution in [1.29, 1.82) is 0 Å². The van der Waals surface area contributed by atoms with E-state index in [1.165, 1.54) is 25.3 Å². The number of imide groups is 1. The van der Waals surface area contributed by atoms with E-state index >= 15 is 0 Å². The number of esters is 1. The van der Waals surface area contributed by atoms with Crippen LogP contribution in [0.2, 0.25) is 5.02 Å². The van der Waals surface area contributed by atoms with E-state index in [-0.39, 0.29) is 27.8 Å². The summed E-state index contributed by atoms with van der Waals surface area (Å²) in [6.45, 7) is 3.93. The van der Waals surface area contributed by atoms with E-state index in [1.54, 1.807) is 18.2 Å². The average molecular weight is 659 g/mol. The summed E-state index contributed by atoms with van der Waals surface area (Å²) >= 11 is 8.93. The number of carbonyl (C=O) groups is 4. The number of hydrogen-bond acceptors (Lipinski definition) is 8. The molecular formula is C25H24ClIN2O7S. The fourth-order valence-corrected chi connectivity index (χ4v) is 5.09. The summed E-state index contributed by atoms with van der Waals surface area (Å²) in [4.78, 5) is 51.3. The second kappa shape index (κ2) is 13.2. The number of rotatable bonds is 10. The molecule has 3 amide bonds. The summed E-state index contributed by atoms with van der Waals surface area (Å²) in [7, 11) is 1.52. The Morgan fingerprint density at radius 2 is 1.95 bits per heavy atom. The van der Waals surface area contributed by atoms with Gasteiger partial charge in [-0.2, -0.15) is 0 Å². The van der Waals surface area contributed by atoms with Crippen LogP contribution in [-0.4, -0.2) is 54.8 Å². The lowest BCUT2D eigenvalue weighted by Crippen LogP contribution is -2.36. The van der Waals surface area contributed by atoms with Crippen molar-refractivity contribution >= 4 is 80.7 Å². The Balaban J connectivity index is 1.72. The van der Waals surface area contributed by atoms with Crippen LogP contribution in [0.5, 0.6) is 11.5 Å². The summed E-state index contributed by atoms with van der Waals surface area (Å²) in [5.74, 6) is -0.723. The number of anilines is 1. The number of amides is 3. The lowest BCUT2D eigenvalue weighted by atomic mass is 10.2. The molecule has 1 N–H and O–H groups in total. The molecule has 0 aliphatic carbocycles. The first-order valence-corrected chi connectivity index (χ1v) is 13.5. The molecule has 0 radical (unpaired) electrons. The highest BCUT2D eigenvalue weighted by Gasteiger charge is 2.36. The van der Waals surface area contributed by atoms with Crippen molar-refractivity contribution in [2.75, 3.05) is 32.2 Å². The number of nitrogens with one attached hydrogen (secondary N) is 1. The van der Waals surface area contributed by atoms with Gasteiger partial charge in [0.25, 0.3) is 11.1 Å². The molecule has 196 valence electrons. The molecule has 1 aliphatic heterocycles. The Bertz CT molecular complexity index is 1270. The molecule has 0 unspecified atom stereocenters. The lowest BCUT2D eigenvalue weighted by Gasteiger charge is -2.13. The van der Waals surface area contributed by atoms with Gasteiger partial charge in [0, 0.05) is 5.69 Å². The molecule has 3 rings (SSSR count). The monoisotopic (exact) mass is 658 g/mol. The van der Waals surface area contributed by atoms with E-state index in [0.29, 0.717) is 30.1 Å². The number of methoxy groups -OCH3 is 1. The number of nitrogens with zero attached hydrogens (tertiary/aromatic N) is 1. The van der Waals surface area contributed by atoms with Gasteiger partial charge >= 0.3 is 5.97 Å². The number of thioether (sulfide) groups is 1. The van der Waals surface area contributed by atoms with E-state index < -0.39 is 29.6 Å². The van der Waals surface area contributed by atoms with Crippen molar-refractivity contribution in [2.24, 2.45) is 0 Å². The molecule has 2 aromatic carbocycles. The highest BCUT2D eigenvalue weighted by Crippen LogP contribution is 2.37. The maximum absolute atomic E-state index is 12.9. The summed E-state index contributed by atoms with van der Waals surface area (Å²) < 4.78 is 16.9. The van der Waals surface area contributed by atoms with Gasteiger partial charge in [-0.15, -0.1) is 0 Å². The van der Waals surface area contributed by atoms with Crippen molar-refractivity contribution in [3.8, 4) is 11.5 Å². The van der Waals surface area contributed by atoms with Gasteiger partial charge in [0.1, 0.15) is 6.54 Å². The SMILES string of the molecule is CCCOC(=O)c1cc(NC(=O)CN2C(=O)S/C(=C/c3cc(I)c(OCC)c(OC)c3)C2=O)ccc1Cl. The Hall–Kier alpha value is -2.77. The van der Waals surface area contributed by atoms with Crippen LogP contribution in [0.1, 0.15) is 36.2 Å². The Kier molecular flexibility index (Phi) is 10.2. The zero-order valence-electron chi connectivity index (χ0n) is 20.3. The average Bonchev–Trinajstić information content (AvgIpc) is 3.12. The minimum Gasteiger partial charge on any atom is -0.493 e. The van der Waals surface area contributed by atoms with Crippen molar-refractivity contribution in [1.82, 2.24) is 4.90 Å². The Morgan fingerprint density at radius 1 is 1.19 bits per heavy atom. The number of carbonyl (C=O) groups excluding carboxylic acids is 4. The first-order valence-electron chi connectivity index (χ1n) is 11.2. The molecule has 12 heteroatoms. The standard InChI is InChI=1S/C25H24ClIN2O7S/c1-4-8-36-24(32)16-12-15(6-7-17(16)26)28-21(30)13-29-23(31)20(37-25(29)33)11-14-9-18(27)22(35-5-2)19(10-14)34-3/h6-7,9-12H,4-5,8,13H2,1-3H3,(H,28,30)/b20-11+. The van der Waals surface area contributed by atoms with Gasteiger partial charge in [-0.1, -0.05) is 18.5 Å². The second-order valence-corrected chi connectivity index (χ2v) is 10.2. The molecule has 0 spiro atoms. The molecule has 0 bridgehead atoms.